The van der Waals surface area contributed by atoms with Crippen LogP contribution in [0.5, 0.6) is 0 Å². The Kier molecular flexibility index (Phi) is 4.47. The molecule has 0 saturated heterocycles. The predicted octanol–water partition coefficient (Wildman–Crippen LogP) is -0.145. The van der Waals surface area contributed by atoms with Crippen LogP contribution >= 0.6 is 11.8 Å². The first-order chi connectivity index (χ1) is 4.57. The van der Waals surface area contributed by atoms with E-state index in [0.717, 1.165) is 5.84 Å². The Morgan fingerprint density at radius 1 is 1.60 bits per heavy atom. The first kappa shape index (κ1) is 9.78. The molecule has 0 fully saturated rings. The zero-order chi connectivity index (χ0) is 8.15. The van der Waals surface area contributed by atoms with Gasteiger partial charge in [-0.3, -0.25) is 0 Å². The molecule has 4 heteroatoms. The van der Waals surface area contributed by atoms with Crippen molar-refractivity contribution in [2.24, 2.45) is 4.99 Å². The maximum atomic E-state index is 4.29. The van der Waals surface area contributed by atoms with Crippen molar-refractivity contribution in [3.8, 4) is 0 Å². The Balaban J connectivity index is 3.89. The highest BCUT2D eigenvalue weighted by Gasteiger charge is 2.00. The third-order valence-electron chi connectivity index (χ3n) is 1.25. The molecule has 0 aliphatic rings. The molecule has 3 N–H and O–H groups in total. The number of amidine groups is 1. The number of aliphatic imine (C=N–C) groups is 1. The zero-order valence-corrected chi connectivity index (χ0v) is 7.90. The zero-order valence-electron chi connectivity index (χ0n) is 7.09. The van der Waals surface area contributed by atoms with Crippen molar-refractivity contribution in [1.82, 2.24) is 4.90 Å². The SMILES string of the molecule is CSC([NH3+])N=C(C)N(C)C. The fourth-order valence-corrected chi connectivity index (χ4v) is 0.635. The van der Waals surface area contributed by atoms with E-state index in [4.69, 9.17) is 0 Å². The summed E-state index contributed by atoms with van der Waals surface area (Å²) >= 11 is 1.65. The third-order valence-corrected chi connectivity index (χ3v) is 1.90. The summed E-state index contributed by atoms with van der Waals surface area (Å²) in [6.45, 7) is 1.98. The van der Waals surface area contributed by atoms with Crippen LogP contribution in [0.1, 0.15) is 6.92 Å². The fraction of sp³-hybridized carbons (Fsp3) is 0.833. The van der Waals surface area contributed by atoms with Gasteiger partial charge in [0, 0.05) is 14.1 Å². The lowest BCUT2D eigenvalue weighted by molar-refractivity contribution is -0.382. The van der Waals surface area contributed by atoms with Gasteiger partial charge in [0.05, 0.1) is 0 Å². The van der Waals surface area contributed by atoms with Crippen molar-refractivity contribution in [3.63, 3.8) is 0 Å². The molecule has 60 valence electrons. The van der Waals surface area contributed by atoms with E-state index in [-0.39, 0.29) is 5.50 Å². The largest absolute Gasteiger partial charge is 0.366 e. The standard InChI is InChI=1S/C6H15N3S/c1-5(9(2)3)8-6(7)10-4/h6H,7H2,1-4H3/p+1. The monoisotopic (exact) mass is 162 g/mol. The normalized spacial score (nSPS) is 15.1. The number of hydrogen-bond donors (Lipinski definition) is 1. The number of thioether (sulfide) groups is 1. The van der Waals surface area contributed by atoms with Gasteiger partial charge in [-0.15, -0.1) is 0 Å². The van der Waals surface area contributed by atoms with Crippen molar-refractivity contribution >= 4 is 17.6 Å². The molecule has 0 aliphatic heterocycles. The van der Waals surface area contributed by atoms with Gasteiger partial charge in [0.1, 0.15) is 5.84 Å². The summed E-state index contributed by atoms with van der Waals surface area (Å²) in [5.74, 6) is 1.02. The Morgan fingerprint density at radius 2 is 2.10 bits per heavy atom. The van der Waals surface area contributed by atoms with Gasteiger partial charge in [0.15, 0.2) is 0 Å². The second-order valence-electron chi connectivity index (χ2n) is 2.26. The molecule has 0 aromatic carbocycles. The van der Waals surface area contributed by atoms with E-state index >= 15 is 0 Å². The van der Waals surface area contributed by atoms with Gasteiger partial charge >= 0.3 is 0 Å². The Hall–Kier alpha value is -0.220. The molecule has 0 saturated carbocycles. The second-order valence-corrected chi connectivity index (χ2v) is 3.28. The summed E-state index contributed by atoms with van der Waals surface area (Å²) in [5, 5.41) is 0. The Labute approximate surface area is 66.7 Å². The molecule has 0 aliphatic carbocycles. The molecule has 3 nitrogen and oxygen atoms in total. The van der Waals surface area contributed by atoms with Crippen LogP contribution in [-0.4, -0.2) is 36.6 Å². The quantitative estimate of drug-likeness (QED) is 0.349. The minimum absolute atomic E-state index is 0.127. The highest BCUT2D eigenvalue weighted by atomic mass is 32.2. The lowest BCUT2D eigenvalue weighted by atomic mass is 10.6. The van der Waals surface area contributed by atoms with Crippen molar-refractivity contribution in [3.05, 3.63) is 0 Å². The molecule has 0 bridgehead atoms. The maximum absolute atomic E-state index is 4.29. The van der Waals surface area contributed by atoms with Crippen molar-refractivity contribution < 1.29 is 5.73 Å². The number of nitrogens with zero attached hydrogens (tertiary/aromatic N) is 2. The van der Waals surface area contributed by atoms with Crippen LogP contribution in [-0.2, 0) is 0 Å². The smallest absolute Gasteiger partial charge is 0.227 e. The van der Waals surface area contributed by atoms with Gasteiger partial charge in [-0.1, -0.05) is 11.8 Å². The van der Waals surface area contributed by atoms with Crippen LogP contribution in [0.2, 0.25) is 0 Å². The minimum Gasteiger partial charge on any atom is -0.366 e. The maximum Gasteiger partial charge on any atom is 0.227 e. The van der Waals surface area contributed by atoms with Gasteiger partial charge in [-0.25, -0.2) is 4.99 Å². The summed E-state index contributed by atoms with van der Waals surface area (Å²) in [6.07, 6.45) is 2.00. The van der Waals surface area contributed by atoms with Crippen molar-refractivity contribution in [1.29, 1.82) is 0 Å². The molecule has 0 aromatic rings. The first-order valence-corrected chi connectivity index (χ1v) is 4.44. The van der Waals surface area contributed by atoms with Crippen LogP contribution in [0.4, 0.5) is 0 Å². The third kappa shape index (κ3) is 3.74. The molecule has 0 amide bonds. The Bertz CT molecular complexity index is 122. The number of hydrogen-bond acceptors (Lipinski definition) is 2. The summed E-state index contributed by atoms with van der Waals surface area (Å²) in [6, 6.07) is 0. The molecule has 0 aromatic heterocycles. The molecule has 10 heavy (non-hydrogen) atoms. The van der Waals surface area contributed by atoms with Crippen LogP contribution in [0, 0.1) is 0 Å². The highest BCUT2D eigenvalue weighted by Crippen LogP contribution is 1.98. The van der Waals surface area contributed by atoms with Crippen LogP contribution < -0.4 is 5.73 Å². The molecule has 1 unspecified atom stereocenters. The van der Waals surface area contributed by atoms with E-state index in [9.17, 15) is 0 Å². The van der Waals surface area contributed by atoms with E-state index in [2.05, 4.69) is 10.7 Å². The molecular weight excluding hydrogens is 146 g/mol. The minimum atomic E-state index is 0.127. The average molecular weight is 162 g/mol. The molecule has 0 heterocycles. The van der Waals surface area contributed by atoms with Crippen molar-refractivity contribution in [2.75, 3.05) is 20.4 Å². The number of rotatable bonds is 2. The van der Waals surface area contributed by atoms with Crippen LogP contribution in [0.3, 0.4) is 0 Å². The van der Waals surface area contributed by atoms with E-state index < -0.39 is 0 Å². The molecule has 1 atom stereocenters. The number of quaternary nitrogens is 1. The highest BCUT2D eigenvalue weighted by molar-refractivity contribution is 7.98. The summed E-state index contributed by atoms with van der Waals surface area (Å²) in [4.78, 5) is 6.27. The first-order valence-electron chi connectivity index (χ1n) is 3.15. The molecule has 0 radical (unpaired) electrons. The van der Waals surface area contributed by atoms with Crippen LogP contribution in [0.15, 0.2) is 4.99 Å². The fourth-order valence-electron chi connectivity index (χ4n) is 0.377. The Morgan fingerprint density at radius 3 is 2.40 bits per heavy atom. The second kappa shape index (κ2) is 4.57. The topological polar surface area (TPSA) is 43.2 Å². The molecule has 0 rings (SSSR count). The van der Waals surface area contributed by atoms with E-state index in [1.807, 2.05) is 32.2 Å². The van der Waals surface area contributed by atoms with Gasteiger partial charge in [0.25, 0.3) is 0 Å². The lowest BCUT2D eigenvalue weighted by Gasteiger charge is -2.11. The summed E-state index contributed by atoms with van der Waals surface area (Å²) in [5.41, 5.74) is 3.95. The van der Waals surface area contributed by atoms with Crippen LogP contribution in [0.25, 0.3) is 0 Å². The van der Waals surface area contributed by atoms with E-state index in [1.165, 1.54) is 0 Å². The summed E-state index contributed by atoms with van der Waals surface area (Å²) < 4.78 is 0. The van der Waals surface area contributed by atoms with Gasteiger partial charge < -0.3 is 10.6 Å². The van der Waals surface area contributed by atoms with E-state index in [1.54, 1.807) is 11.8 Å². The van der Waals surface area contributed by atoms with E-state index in [0.29, 0.717) is 0 Å². The molecular formula is C6H16N3S+. The van der Waals surface area contributed by atoms with Crippen molar-refractivity contribution in [2.45, 2.75) is 12.4 Å². The van der Waals surface area contributed by atoms with Gasteiger partial charge in [0.2, 0.25) is 5.50 Å². The molecule has 0 spiro atoms. The predicted molar refractivity (Wildman–Crippen MR) is 47.0 cm³/mol. The lowest BCUT2D eigenvalue weighted by Crippen LogP contribution is -2.58. The van der Waals surface area contributed by atoms with Gasteiger partial charge in [-0.2, -0.15) is 0 Å². The summed E-state index contributed by atoms with van der Waals surface area (Å²) in [7, 11) is 3.96. The average Bonchev–Trinajstić information content (AvgIpc) is 1.87. The van der Waals surface area contributed by atoms with Gasteiger partial charge in [-0.05, 0) is 13.2 Å².